The summed E-state index contributed by atoms with van der Waals surface area (Å²) in [6.07, 6.45) is 2.54. The summed E-state index contributed by atoms with van der Waals surface area (Å²) in [5.41, 5.74) is 2.65. The van der Waals surface area contributed by atoms with E-state index in [1.165, 1.54) is 0 Å². The molecule has 2 aromatic rings. The van der Waals surface area contributed by atoms with Gasteiger partial charge in [0.05, 0.1) is 6.61 Å². The maximum absolute atomic E-state index is 11.9. The second kappa shape index (κ2) is 8.96. The summed E-state index contributed by atoms with van der Waals surface area (Å²) in [4.78, 5) is 11.9. The second-order valence-electron chi connectivity index (χ2n) is 5.78. The van der Waals surface area contributed by atoms with Crippen molar-refractivity contribution in [2.45, 2.75) is 33.1 Å². The molecule has 0 unspecified atom stereocenters. The monoisotopic (exact) mass is 327 g/mol. The summed E-state index contributed by atoms with van der Waals surface area (Å²) in [5.74, 6) is 1.10. The molecule has 0 aliphatic heterocycles. The van der Waals surface area contributed by atoms with Gasteiger partial charge in [0.2, 0.25) is 0 Å². The number of aryl methyl sites for hydroxylation is 2. The van der Waals surface area contributed by atoms with Gasteiger partial charge in [-0.1, -0.05) is 25.1 Å². The molecule has 1 amide bonds. The highest BCUT2D eigenvalue weighted by Crippen LogP contribution is 2.29. The molecule has 0 saturated heterocycles. The lowest BCUT2D eigenvalue weighted by atomic mass is 10.1. The first-order chi connectivity index (χ1) is 11.6. The maximum Gasteiger partial charge on any atom is 0.251 e. The number of aromatic hydroxyl groups is 1. The Balaban J connectivity index is 1.71. The number of unbranched alkanes of at least 4 members (excludes halogenated alkanes) is 1. The first kappa shape index (κ1) is 17.9. The number of rotatable bonds is 8. The van der Waals surface area contributed by atoms with Gasteiger partial charge in [0.15, 0.2) is 0 Å². The molecule has 0 atom stereocenters. The predicted octanol–water partition coefficient (Wildman–Crippen LogP) is 3.85. The standard InChI is InChI=1S/C20H25NO3/c1-3-16-14-18(22)13-15(2)19(16)24-12-8-7-11-21-20(23)17-9-5-4-6-10-17/h4-6,9-10,13-14,22H,3,7-8,11-12H2,1-2H3,(H,21,23). The minimum absolute atomic E-state index is 0.0424. The molecular formula is C20H25NO3. The van der Waals surface area contributed by atoms with Crippen LogP contribution in [0.1, 0.15) is 41.3 Å². The van der Waals surface area contributed by atoms with Gasteiger partial charge in [-0.15, -0.1) is 0 Å². The number of ether oxygens (including phenoxy) is 1. The molecule has 2 N–H and O–H groups in total. The zero-order chi connectivity index (χ0) is 17.4. The van der Waals surface area contributed by atoms with Crippen molar-refractivity contribution in [2.24, 2.45) is 0 Å². The van der Waals surface area contributed by atoms with E-state index in [2.05, 4.69) is 5.32 Å². The molecule has 0 heterocycles. The van der Waals surface area contributed by atoms with E-state index in [1.54, 1.807) is 24.3 Å². The Hall–Kier alpha value is -2.49. The largest absolute Gasteiger partial charge is 0.508 e. The quantitative estimate of drug-likeness (QED) is 0.724. The molecule has 4 nitrogen and oxygen atoms in total. The maximum atomic E-state index is 11.9. The lowest BCUT2D eigenvalue weighted by Crippen LogP contribution is -2.24. The summed E-state index contributed by atoms with van der Waals surface area (Å²) < 4.78 is 5.88. The molecule has 0 radical (unpaired) electrons. The van der Waals surface area contributed by atoms with Gasteiger partial charge in [-0.3, -0.25) is 4.79 Å². The minimum Gasteiger partial charge on any atom is -0.508 e. The van der Waals surface area contributed by atoms with Crippen molar-refractivity contribution in [3.63, 3.8) is 0 Å². The van der Waals surface area contributed by atoms with Crippen LogP contribution in [0.2, 0.25) is 0 Å². The van der Waals surface area contributed by atoms with E-state index >= 15 is 0 Å². The first-order valence-electron chi connectivity index (χ1n) is 8.40. The van der Waals surface area contributed by atoms with Crippen molar-refractivity contribution in [1.82, 2.24) is 5.32 Å². The first-order valence-corrected chi connectivity index (χ1v) is 8.40. The third-order valence-electron chi connectivity index (χ3n) is 3.86. The van der Waals surface area contributed by atoms with Crippen LogP contribution >= 0.6 is 0 Å². The molecule has 24 heavy (non-hydrogen) atoms. The third-order valence-corrected chi connectivity index (χ3v) is 3.86. The van der Waals surface area contributed by atoms with E-state index in [9.17, 15) is 9.90 Å². The lowest BCUT2D eigenvalue weighted by molar-refractivity contribution is 0.0952. The van der Waals surface area contributed by atoms with Crippen molar-refractivity contribution < 1.29 is 14.6 Å². The summed E-state index contributed by atoms with van der Waals surface area (Å²) in [6.45, 7) is 5.21. The summed E-state index contributed by atoms with van der Waals surface area (Å²) in [6, 6.07) is 12.7. The van der Waals surface area contributed by atoms with E-state index in [1.807, 2.05) is 32.0 Å². The van der Waals surface area contributed by atoms with Crippen LogP contribution in [0.25, 0.3) is 0 Å². The van der Waals surface area contributed by atoms with Gasteiger partial charge in [-0.25, -0.2) is 0 Å². The van der Waals surface area contributed by atoms with Gasteiger partial charge in [0, 0.05) is 12.1 Å². The molecule has 2 rings (SSSR count). The Bertz CT molecular complexity index is 668. The molecular weight excluding hydrogens is 302 g/mol. The number of phenols is 1. The van der Waals surface area contributed by atoms with Crippen molar-refractivity contribution in [3.05, 3.63) is 59.2 Å². The number of hydrogen-bond acceptors (Lipinski definition) is 3. The molecule has 0 bridgehead atoms. The van der Waals surface area contributed by atoms with Crippen molar-refractivity contribution in [2.75, 3.05) is 13.2 Å². The van der Waals surface area contributed by atoms with Crippen molar-refractivity contribution in [3.8, 4) is 11.5 Å². The minimum atomic E-state index is -0.0424. The van der Waals surface area contributed by atoms with Crippen LogP contribution in [0.15, 0.2) is 42.5 Å². The van der Waals surface area contributed by atoms with Crippen LogP contribution in [0.5, 0.6) is 11.5 Å². The highest BCUT2D eigenvalue weighted by Gasteiger charge is 2.08. The van der Waals surface area contributed by atoms with Gasteiger partial charge < -0.3 is 15.2 Å². The Morgan fingerprint density at radius 1 is 1.17 bits per heavy atom. The summed E-state index contributed by atoms with van der Waals surface area (Å²) >= 11 is 0. The molecule has 4 heteroatoms. The van der Waals surface area contributed by atoms with Gasteiger partial charge in [0.1, 0.15) is 11.5 Å². The van der Waals surface area contributed by atoms with Crippen molar-refractivity contribution in [1.29, 1.82) is 0 Å². The highest BCUT2D eigenvalue weighted by molar-refractivity contribution is 5.94. The Kier molecular flexibility index (Phi) is 6.67. The second-order valence-corrected chi connectivity index (χ2v) is 5.78. The van der Waals surface area contributed by atoms with E-state index < -0.39 is 0 Å². The number of benzene rings is 2. The highest BCUT2D eigenvalue weighted by atomic mass is 16.5. The zero-order valence-corrected chi connectivity index (χ0v) is 14.3. The van der Waals surface area contributed by atoms with Crippen LogP contribution in [0, 0.1) is 6.92 Å². The molecule has 2 aromatic carbocycles. The number of amides is 1. The van der Waals surface area contributed by atoms with Crippen LogP contribution in [0.4, 0.5) is 0 Å². The smallest absolute Gasteiger partial charge is 0.251 e. The van der Waals surface area contributed by atoms with Crippen LogP contribution in [-0.4, -0.2) is 24.2 Å². The molecule has 0 aromatic heterocycles. The SMILES string of the molecule is CCc1cc(O)cc(C)c1OCCCCNC(=O)c1ccccc1. The molecule has 0 aliphatic carbocycles. The van der Waals surface area contributed by atoms with Gasteiger partial charge in [-0.2, -0.15) is 0 Å². The molecule has 0 fully saturated rings. The molecule has 128 valence electrons. The zero-order valence-electron chi connectivity index (χ0n) is 14.3. The Morgan fingerprint density at radius 3 is 2.62 bits per heavy atom. The average Bonchev–Trinajstić information content (AvgIpc) is 2.59. The number of nitrogens with one attached hydrogen (secondary N) is 1. The average molecular weight is 327 g/mol. The predicted molar refractivity (Wildman–Crippen MR) is 95.7 cm³/mol. The van der Waals surface area contributed by atoms with Crippen LogP contribution in [0.3, 0.4) is 0 Å². The van der Waals surface area contributed by atoms with E-state index in [-0.39, 0.29) is 11.7 Å². The van der Waals surface area contributed by atoms with E-state index in [0.717, 1.165) is 36.1 Å². The molecule has 0 saturated carbocycles. The normalized spacial score (nSPS) is 10.4. The third kappa shape index (κ3) is 5.01. The van der Waals surface area contributed by atoms with Crippen molar-refractivity contribution >= 4 is 5.91 Å². The molecule has 0 spiro atoms. The lowest BCUT2D eigenvalue weighted by Gasteiger charge is -2.14. The van der Waals surface area contributed by atoms with Crippen LogP contribution < -0.4 is 10.1 Å². The fourth-order valence-electron chi connectivity index (χ4n) is 2.59. The summed E-state index contributed by atoms with van der Waals surface area (Å²) in [5, 5.41) is 12.6. The number of hydrogen-bond donors (Lipinski definition) is 2. The fourth-order valence-corrected chi connectivity index (χ4v) is 2.59. The number of phenolic OH excluding ortho intramolecular Hbond substituents is 1. The fraction of sp³-hybridized carbons (Fsp3) is 0.350. The topological polar surface area (TPSA) is 58.6 Å². The molecule has 0 aliphatic rings. The van der Waals surface area contributed by atoms with E-state index in [4.69, 9.17) is 4.74 Å². The van der Waals surface area contributed by atoms with Gasteiger partial charge in [-0.05, 0) is 61.6 Å². The number of carbonyl (C=O) groups excluding carboxylic acids is 1. The van der Waals surface area contributed by atoms with Crippen LogP contribution in [-0.2, 0) is 6.42 Å². The Morgan fingerprint density at radius 2 is 1.92 bits per heavy atom. The van der Waals surface area contributed by atoms with Gasteiger partial charge in [0.25, 0.3) is 5.91 Å². The summed E-state index contributed by atoms with van der Waals surface area (Å²) in [7, 11) is 0. The van der Waals surface area contributed by atoms with E-state index in [0.29, 0.717) is 18.7 Å². The number of carbonyl (C=O) groups is 1. The Labute approximate surface area is 143 Å². The van der Waals surface area contributed by atoms with Gasteiger partial charge >= 0.3 is 0 Å².